The molecule has 0 aliphatic rings. The molecule has 8 heteroatoms. The summed E-state index contributed by atoms with van der Waals surface area (Å²) in [4.78, 5) is 24.5. The van der Waals surface area contributed by atoms with Crippen LogP contribution in [0.1, 0.15) is 6.92 Å². The number of anilines is 1. The van der Waals surface area contributed by atoms with E-state index in [1.807, 2.05) is 30.3 Å². The molecule has 1 heterocycles. The van der Waals surface area contributed by atoms with E-state index in [2.05, 4.69) is 16.4 Å². The first-order chi connectivity index (χ1) is 12.6. The smallest absolute Gasteiger partial charge is 0.277 e. The Labute approximate surface area is 153 Å². The number of rotatable bonds is 6. The van der Waals surface area contributed by atoms with Gasteiger partial charge in [0.25, 0.3) is 11.5 Å². The Hall–Kier alpha value is -3.14. The third-order valence-corrected chi connectivity index (χ3v) is 4.46. The van der Waals surface area contributed by atoms with E-state index >= 15 is 0 Å². The maximum atomic E-state index is 12.5. The van der Waals surface area contributed by atoms with Crippen molar-refractivity contribution in [3.63, 3.8) is 0 Å². The van der Waals surface area contributed by atoms with E-state index in [1.165, 1.54) is 10.8 Å². The van der Waals surface area contributed by atoms with Crippen LogP contribution in [0.2, 0.25) is 0 Å². The summed E-state index contributed by atoms with van der Waals surface area (Å²) in [6.45, 7) is 1.11. The van der Waals surface area contributed by atoms with Crippen LogP contribution in [0.5, 0.6) is 0 Å². The van der Waals surface area contributed by atoms with Gasteiger partial charge in [0.05, 0.1) is 0 Å². The number of thiazole rings is 1. The number of para-hydroxylation sites is 1. The van der Waals surface area contributed by atoms with Crippen LogP contribution in [0, 0.1) is 11.3 Å². The van der Waals surface area contributed by atoms with Gasteiger partial charge in [-0.25, -0.2) is 4.39 Å². The molecule has 6 nitrogen and oxygen atoms in total. The zero-order valence-electron chi connectivity index (χ0n) is 14.1. The highest BCUT2D eigenvalue weighted by molar-refractivity contribution is 7.07. The molecule has 0 aliphatic heterocycles. The molecule has 0 spiro atoms. The minimum absolute atomic E-state index is 0.189. The zero-order chi connectivity index (χ0) is 18.9. The summed E-state index contributed by atoms with van der Waals surface area (Å²) in [6, 6.07) is 11.1. The Bertz CT molecular complexity index is 1030. The molecule has 2 rings (SSSR count). The molecule has 2 aromatic rings. The van der Waals surface area contributed by atoms with Crippen LogP contribution < -0.4 is 25.4 Å². The van der Waals surface area contributed by atoms with Crippen LogP contribution in [0.15, 0.2) is 41.3 Å². The van der Waals surface area contributed by atoms with Crippen LogP contribution in [0.3, 0.4) is 0 Å². The third-order valence-electron chi connectivity index (χ3n) is 3.35. The quantitative estimate of drug-likeness (QED) is 0.781. The van der Waals surface area contributed by atoms with Crippen LogP contribution in [0.4, 0.5) is 10.1 Å². The molecule has 134 valence electrons. The van der Waals surface area contributed by atoms with Crippen molar-refractivity contribution in [2.45, 2.75) is 13.5 Å². The molecule has 0 unspecified atom stereocenters. The number of aromatic nitrogens is 1. The molecule has 2 N–H and O–H groups in total. The molecule has 26 heavy (non-hydrogen) atoms. The predicted octanol–water partition coefficient (Wildman–Crippen LogP) is 0.695. The number of halogens is 1. The summed E-state index contributed by atoms with van der Waals surface area (Å²) in [6.07, 6.45) is 1.50. The van der Waals surface area contributed by atoms with E-state index in [4.69, 9.17) is 0 Å². The number of carbonyl (C=O) groups excluding carboxylic acids is 1. The molecule has 0 saturated carbocycles. The molecular weight excluding hydrogens is 355 g/mol. The number of alkyl halides is 1. The fourth-order valence-corrected chi connectivity index (χ4v) is 3.21. The lowest BCUT2D eigenvalue weighted by molar-refractivity contribution is -0.115. The Kier molecular flexibility index (Phi) is 6.92. The molecule has 0 fully saturated rings. The van der Waals surface area contributed by atoms with Crippen LogP contribution in [0.25, 0.3) is 11.3 Å². The fraction of sp³-hybridized carbons (Fsp3) is 0.222. The monoisotopic (exact) mass is 372 g/mol. The summed E-state index contributed by atoms with van der Waals surface area (Å²) in [5.41, 5.74) is 3.13. The maximum absolute atomic E-state index is 12.5. The van der Waals surface area contributed by atoms with Crippen molar-refractivity contribution in [2.24, 2.45) is 0 Å². The van der Waals surface area contributed by atoms with Gasteiger partial charge in [0.15, 0.2) is 5.57 Å². The second-order valence-corrected chi connectivity index (χ2v) is 6.02. The number of hydrogen-bond acceptors (Lipinski definition) is 5. The number of carbonyl (C=O) groups is 1. The lowest BCUT2D eigenvalue weighted by Crippen LogP contribution is -2.34. The second-order valence-electron chi connectivity index (χ2n) is 5.02. The number of nitriles is 1. The lowest BCUT2D eigenvalue weighted by atomic mass is 10.3. The van der Waals surface area contributed by atoms with E-state index in [9.17, 15) is 19.2 Å². The van der Waals surface area contributed by atoms with E-state index in [0.29, 0.717) is 6.54 Å². The predicted molar refractivity (Wildman–Crippen MR) is 99.6 cm³/mol. The SMILES string of the molecule is CCn1c(=O)c(=C=CNc2ccccc2)s/c1=C(/C#N)C(=O)NCCF. The maximum Gasteiger partial charge on any atom is 0.277 e. The number of hydrogen-bond donors (Lipinski definition) is 2. The van der Waals surface area contributed by atoms with Gasteiger partial charge in [0, 0.05) is 25.0 Å². The third kappa shape index (κ3) is 4.48. The highest BCUT2D eigenvalue weighted by Gasteiger charge is 2.14. The highest BCUT2D eigenvalue weighted by Crippen LogP contribution is 2.03. The van der Waals surface area contributed by atoms with Gasteiger partial charge in [-0.2, -0.15) is 5.26 Å². The van der Waals surface area contributed by atoms with Gasteiger partial charge in [0.1, 0.15) is 21.9 Å². The van der Waals surface area contributed by atoms with Gasteiger partial charge >= 0.3 is 0 Å². The Balaban J connectivity index is 2.53. The first-order valence-corrected chi connectivity index (χ1v) is 8.69. The lowest BCUT2D eigenvalue weighted by Gasteiger charge is -2.01. The number of nitrogens with one attached hydrogen (secondary N) is 2. The van der Waals surface area contributed by atoms with Crippen LogP contribution >= 0.6 is 11.3 Å². The molecule has 1 aromatic carbocycles. The molecule has 0 saturated heterocycles. The van der Waals surface area contributed by atoms with E-state index < -0.39 is 12.6 Å². The molecule has 0 radical (unpaired) electrons. The van der Waals surface area contributed by atoms with Crippen LogP contribution in [-0.2, 0) is 11.3 Å². The molecular formula is C18H17FN4O2S. The Morgan fingerprint density at radius 3 is 2.73 bits per heavy atom. The van der Waals surface area contributed by atoms with Crippen LogP contribution in [-0.4, -0.2) is 23.7 Å². The molecule has 0 bridgehead atoms. The van der Waals surface area contributed by atoms with Gasteiger partial charge in [-0.3, -0.25) is 14.2 Å². The largest absolute Gasteiger partial charge is 0.355 e. The van der Waals surface area contributed by atoms with Crippen molar-refractivity contribution in [1.29, 1.82) is 5.26 Å². The van der Waals surface area contributed by atoms with Gasteiger partial charge in [0.2, 0.25) is 0 Å². The highest BCUT2D eigenvalue weighted by atomic mass is 32.1. The topological polar surface area (TPSA) is 86.9 Å². The fourth-order valence-electron chi connectivity index (χ4n) is 2.14. The Morgan fingerprint density at radius 1 is 1.38 bits per heavy atom. The molecule has 0 aliphatic carbocycles. The minimum Gasteiger partial charge on any atom is -0.355 e. The number of benzene rings is 1. The van der Waals surface area contributed by atoms with Crippen molar-refractivity contribution in [3.05, 3.63) is 56.1 Å². The second kappa shape index (κ2) is 9.37. The molecule has 1 amide bonds. The standard InChI is InChI=1S/C18H17FN4O2S/c1-2-23-17(25)15(8-10-21-13-6-4-3-5-7-13)26-18(23)14(12-20)16(24)22-11-9-19/h3-7,10,21H,2,9,11H2,1H3,(H,22,24)/b18-14-. The Morgan fingerprint density at radius 2 is 2.12 bits per heavy atom. The van der Waals surface area contributed by atoms with Crippen molar-refractivity contribution in [1.82, 2.24) is 9.88 Å². The van der Waals surface area contributed by atoms with Crippen molar-refractivity contribution in [2.75, 3.05) is 18.5 Å². The molecule has 0 atom stereocenters. The van der Waals surface area contributed by atoms with Crippen molar-refractivity contribution in [3.8, 4) is 6.07 Å². The van der Waals surface area contributed by atoms with Gasteiger partial charge in [-0.15, -0.1) is 11.3 Å². The minimum atomic E-state index is -0.734. The average molecular weight is 372 g/mol. The van der Waals surface area contributed by atoms with Gasteiger partial charge in [-0.05, 0) is 19.1 Å². The number of amides is 1. The summed E-state index contributed by atoms with van der Waals surface area (Å²) in [7, 11) is 0. The first kappa shape index (κ1) is 19.2. The molecule has 1 aromatic heterocycles. The van der Waals surface area contributed by atoms with Gasteiger partial charge < -0.3 is 10.6 Å². The summed E-state index contributed by atoms with van der Waals surface area (Å²) < 4.78 is 14.1. The normalized spacial score (nSPS) is 11.1. The van der Waals surface area contributed by atoms with Crippen molar-refractivity contribution < 1.29 is 9.18 Å². The summed E-state index contributed by atoms with van der Waals surface area (Å²) in [5, 5.41) is 14.6. The van der Waals surface area contributed by atoms with Crippen molar-refractivity contribution >= 4 is 34.2 Å². The zero-order valence-corrected chi connectivity index (χ0v) is 14.9. The summed E-state index contributed by atoms with van der Waals surface area (Å²) >= 11 is 0.994. The number of nitrogens with zero attached hydrogens (tertiary/aromatic N) is 2. The van der Waals surface area contributed by atoms with E-state index in [1.54, 1.807) is 13.0 Å². The van der Waals surface area contributed by atoms with E-state index in [-0.39, 0.29) is 26.9 Å². The summed E-state index contributed by atoms with van der Waals surface area (Å²) in [5.74, 6) is -0.702. The van der Waals surface area contributed by atoms with E-state index in [0.717, 1.165) is 17.0 Å². The average Bonchev–Trinajstić information content (AvgIpc) is 2.97. The first-order valence-electron chi connectivity index (χ1n) is 7.87. The van der Waals surface area contributed by atoms with Gasteiger partial charge in [-0.1, -0.05) is 23.9 Å².